The van der Waals surface area contributed by atoms with E-state index in [1.807, 2.05) is 44.2 Å². The molecule has 2 amide bonds. The Morgan fingerprint density at radius 1 is 1.13 bits per heavy atom. The monoisotopic (exact) mass is 424 g/mol. The van der Waals surface area contributed by atoms with Crippen LogP contribution in [0.2, 0.25) is 0 Å². The molecule has 1 atom stereocenters. The first-order chi connectivity index (χ1) is 15.0. The fraction of sp³-hybridized carbons (Fsp3) is 0.333. The van der Waals surface area contributed by atoms with Crippen molar-refractivity contribution in [3.63, 3.8) is 0 Å². The molecule has 0 aromatic heterocycles. The van der Waals surface area contributed by atoms with E-state index < -0.39 is 12.0 Å². The number of hydrogen-bond acceptors (Lipinski definition) is 5. The summed E-state index contributed by atoms with van der Waals surface area (Å²) in [5.74, 6) is 0.499. The van der Waals surface area contributed by atoms with Gasteiger partial charge in [0, 0.05) is 11.3 Å². The Kier molecular flexibility index (Phi) is 7.18. The smallest absolute Gasteiger partial charge is 0.338 e. The zero-order chi connectivity index (χ0) is 22.4. The minimum absolute atomic E-state index is 0.231. The van der Waals surface area contributed by atoms with Gasteiger partial charge < -0.3 is 24.8 Å². The van der Waals surface area contributed by atoms with Crippen LogP contribution in [0.15, 0.2) is 53.7 Å². The van der Waals surface area contributed by atoms with E-state index in [-0.39, 0.29) is 12.6 Å². The second-order valence-electron chi connectivity index (χ2n) is 7.15. The van der Waals surface area contributed by atoms with E-state index in [2.05, 4.69) is 10.6 Å². The molecule has 0 radical (unpaired) electrons. The summed E-state index contributed by atoms with van der Waals surface area (Å²) < 4.78 is 17.0. The van der Waals surface area contributed by atoms with Crippen molar-refractivity contribution in [2.75, 3.05) is 13.7 Å². The molecule has 0 saturated carbocycles. The first-order valence-corrected chi connectivity index (χ1v) is 10.3. The number of hydrogen-bond donors (Lipinski definition) is 2. The van der Waals surface area contributed by atoms with Gasteiger partial charge in [-0.1, -0.05) is 48.9 Å². The van der Waals surface area contributed by atoms with E-state index in [1.165, 1.54) is 0 Å². The zero-order valence-electron chi connectivity index (χ0n) is 18.3. The summed E-state index contributed by atoms with van der Waals surface area (Å²) in [6.07, 6.45) is 0.474. The van der Waals surface area contributed by atoms with Crippen molar-refractivity contribution >= 4 is 12.0 Å². The molecule has 7 heteroatoms. The van der Waals surface area contributed by atoms with Crippen LogP contribution < -0.4 is 20.1 Å². The van der Waals surface area contributed by atoms with Crippen molar-refractivity contribution in [3.8, 4) is 11.5 Å². The summed E-state index contributed by atoms with van der Waals surface area (Å²) in [6.45, 7) is 6.18. The number of methoxy groups -OCH3 is 1. The van der Waals surface area contributed by atoms with Gasteiger partial charge in [-0.25, -0.2) is 9.59 Å². The molecule has 1 aliphatic heterocycles. The topological polar surface area (TPSA) is 85.9 Å². The van der Waals surface area contributed by atoms with Gasteiger partial charge in [-0.15, -0.1) is 0 Å². The molecule has 164 valence electrons. The predicted molar refractivity (Wildman–Crippen MR) is 117 cm³/mol. The Labute approximate surface area is 182 Å². The van der Waals surface area contributed by atoms with Gasteiger partial charge in [0.05, 0.1) is 25.3 Å². The lowest BCUT2D eigenvalue weighted by Gasteiger charge is -2.30. The van der Waals surface area contributed by atoms with Crippen molar-refractivity contribution in [1.29, 1.82) is 0 Å². The van der Waals surface area contributed by atoms with Gasteiger partial charge in [-0.05, 0) is 31.9 Å². The maximum atomic E-state index is 12.8. The highest BCUT2D eigenvalue weighted by Gasteiger charge is 2.35. The number of urea groups is 1. The third-order valence-electron chi connectivity index (χ3n) is 5.01. The number of esters is 1. The van der Waals surface area contributed by atoms with E-state index >= 15 is 0 Å². The maximum absolute atomic E-state index is 12.8. The number of aryl methyl sites for hydroxylation is 1. The first-order valence-electron chi connectivity index (χ1n) is 10.3. The summed E-state index contributed by atoms with van der Waals surface area (Å²) in [7, 11) is 1.55. The molecule has 0 spiro atoms. The molecule has 0 bridgehead atoms. The van der Waals surface area contributed by atoms with E-state index in [4.69, 9.17) is 14.2 Å². The normalized spacial score (nSPS) is 15.7. The average Bonchev–Trinajstić information content (AvgIpc) is 2.76. The Bertz CT molecular complexity index is 999. The van der Waals surface area contributed by atoms with Gasteiger partial charge in [0.25, 0.3) is 0 Å². The Hall–Kier alpha value is -3.48. The lowest BCUT2D eigenvalue weighted by Crippen LogP contribution is -2.46. The van der Waals surface area contributed by atoms with Gasteiger partial charge >= 0.3 is 12.0 Å². The zero-order valence-corrected chi connectivity index (χ0v) is 18.3. The summed E-state index contributed by atoms with van der Waals surface area (Å²) in [5, 5.41) is 5.57. The largest absolute Gasteiger partial charge is 0.493 e. The van der Waals surface area contributed by atoms with Crippen LogP contribution in [0.1, 0.15) is 43.0 Å². The standard InChI is InChI=1S/C24H28N2O5/c1-5-18-20(23(27)30-6-2)21(26-24(28)25-18)17-11-8-12-19(29-4)22(17)31-14-16-10-7-9-15(3)13-16/h7-13,21H,5-6,14H2,1-4H3,(H2,25,26,28). The molecule has 0 aliphatic carbocycles. The third kappa shape index (κ3) is 4.99. The molecule has 7 nitrogen and oxygen atoms in total. The van der Waals surface area contributed by atoms with E-state index in [9.17, 15) is 9.59 Å². The van der Waals surface area contributed by atoms with Crippen molar-refractivity contribution in [2.45, 2.75) is 39.8 Å². The lowest BCUT2D eigenvalue weighted by molar-refractivity contribution is -0.139. The molecule has 31 heavy (non-hydrogen) atoms. The number of allylic oxidation sites excluding steroid dienone is 1. The van der Waals surface area contributed by atoms with Crippen LogP contribution in [0, 0.1) is 6.92 Å². The summed E-state index contributed by atoms with van der Waals surface area (Å²) >= 11 is 0. The van der Waals surface area contributed by atoms with Crippen LogP contribution >= 0.6 is 0 Å². The van der Waals surface area contributed by atoms with Gasteiger partial charge in [0.15, 0.2) is 11.5 Å². The van der Waals surface area contributed by atoms with Gasteiger partial charge in [-0.2, -0.15) is 0 Å². The SMILES string of the molecule is CCOC(=O)C1=C(CC)NC(=O)NC1c1cccc(OC)c1OCc1cccc(C)c1. The lowest BCUT2D eigenvalue weighted by atomic mass is 9.93. The molecule has 1 aliphatic rings. The van der Waals surface area contributed by atoms with Crippen LogP contribution in [0.5, 0.6) is 11.5 Å². The van der Waals surface area contributed by atoms with E-state index in [0.717, 1.165) is 11.1 Å². The number of carbonyl (C=O) groups excluding carboxylic acids is 2. The minimum Gasteiger partial charge on any atom is -0.493 e. The van der Waals surface area contributed by atoms with Gasteiger partial charge in [0.2, 0.25) is 0 Å². The fourth-order valence-electron chi connectivity index (χ4n) is 3.61. The number of rotatable bonds is 8. The molecular weight excluding hydrogens is 396 g/mol. The summed E-state index contributed by atoms with van der Waals surface area (Å²) in [5.41, 5.74) is 3.64. The maximum Gasteiger partial charge on any atom is 0.338 e. The number of benzene rings is 2. The number of amides is 2. The summed E-state index contributed by atoms with van der Waals surface area (Å²) in [4.78, 5) is 25.1. The van der Waals surface area contributed by atoms with E-state index in [0.29, 0.717) is 41.4 Å². The van der Waals surface area contributed by atoms with Gasteiger partial charge in [-0.3, -0.25) is 0 Å². The average molecular weight is 424 g/mol. The number of nitrogens with one attached hydrogen (secondary N) is 2. The second-order valence-corrected chi connectivity index (χ2v) is 7.15. The number of carbonyl (C=O) groups is 2. The molecule has 2 aromatic rings. The van der Waals surface area contributed by atoms with Crippen LogP contribution in [-0.4, -0.2) is 25.7 Å². The minimum atomic E-state index is -0.731. The van der Waals surface area contributed by atoms with Crippen molar-refractivity contribution in [2.24, 2.45) is 0 Å². The molecule has 0 fully saturated rings. The van der Waals surface area contributed by atoms with Crippen LogP contribution in [-0.2, 0) is 16.1 Å². The van der Waals surface area contributed by atoms with Crippen molar-refractivity contribution in [3.05, 3.63) is 70.4 Å². The number of ether oxygens (including phenoxy) is 3. The molecule has 2 N–H and O–H groups in total. The molecule has 0 saturated heterocycles. The Morgan fingerprint density at radius 3 is 2.58 bits per heavy atom. The fourth-order valence-corrected chi connectivity index (χ4v) is 3.61. The van der Waals surface area contributed by atoms with Crippen LogP contribution in [0.4, 0.5) is 4.79 Å². The molecule has 3 rings (SSSR count). The summed E-state index contributed by atoms with van der Waals surface area (Å²) in [6, 6.07) is 12.3. The number of para-hydroxylation sites is 1. The van der Waals surface area contributed by atoms with Gasteiger partial charge in [0.1, 0.15) is 6.61 Å². The highest BCUT2D eigenvalue weighted by atomic mass is 16.5. The third-order valence-corrected chi connectivity index (χ3v) is 5.01. The second kappa shape index (κ2) is 10.0. The van der Waals surface area contributed by atoms with Crippen molar-refractivity contribution in [1.82, 2.24) is 10.6 Å². The molecule has 1 heterocycles. The molecule has 2 aromatic carbocycles. The Morgan fingerprint density at radius 2 is 1.90 bits per heavy atom. The quantitative estimate of drug-likeness (QED) is 0.622. The molecular formula is C24H28N2O5. The molecule has 1 unspecified atom stereocenters. The Balaban J connectivity index is 2.05. The van der Waals surface area contributed by atoms with Crippen LogP contribution in [0.3, 0.4) is 0 Å². The van der Waals surface area contributed by atoms with E-state index in [1.54, 1.807) is 26.2 Å². The predicted octanol–water partition coefficient (Wildman–Crippen LogP) is 4.16. The first kappa shape index (κ1) is 22.2. The van der Waals surface area contributed by atoms with Crippen LogP contribution in [0.25, 0.3) is 0 Å². The highest BCUT2D eigenvalue weighted by Crippen LogP contribution is 2.40. The highest BCUT2D eigenvalue weighted by molar-refractivity contribution is 5.95. The van der Waals surface area contributed by atoms with Crippen molar-refractivity contribution < 1.29 is 23.8 Å².